The Morgan fingerprint density at radius 2 is 2.16 bits per heavy atom. The number of nitrogens with one attached hydrogen (secondary N) is 1. The monoisotopic (exact) mass is 350 g/mol. The molecule has 0 aliphatic carbocycles. The molecule has 0 aliphatic rings. The molecule has 1 rings (SSSR count). The van der Waals surface area contributed by atoms with Gasteiger partial charge in [0.1, 0.15) is 11.8 Å². The summed E-state index contributed by atoms with van der Waals surface area (Å²) in [6, 6.07) is 0.206. The number of carbonyl (C=O) groups excluding carboxylic acids is 2. The van der Waals surface area contributed by atoms with Crippen molar-refractivity contribution in [3.63, 3.8) is 0 Å². The number of hydrogen-bond acceptors (Lipinski definition) is 6. The standard InChI is InChI=1S/C15H18N4O6/c1-24-12-8-17-6-5-10(12)13(25-2)14(21)19-11(15(22)23)4-3-9(20)7-18-16/h5-8,11,13H,3-4H2,1-2H3,(H,19,21)(H,22,23)/t11-,13+/m0/s1. The molecule has 2 N–H and O–H groups in total. The van der Waals surface area contributed by atoms with Gasteiger partial charge in [-0.3, -0.25) is 14.6 Å². The quantitative estimate of drug-likeness (QED) is 0.342. The van der Waals surface area contributed by atoms with Gasteiger partial charge in [0, 0.05) is 25.3 Å². The van der Waals surface area contributed by atoms with Gasteiger partial charge < -0.3 is 25.4 Å². The van der Waals surface area contributed by atoms with E-state index in [0.717, 1.165) is 0 Å². The van der Waals surface area contributed by atoms with Crippen LogP contribution in [0.5, 0.6) is 5.75 Å². The van der Waals surface area contributed by atoms with E-state index in [4.69, 9.17) is 15.0 Å². The fourth-order valence-electron chi connectivity index (χ4n) is 2.07. The molecule has 0 aliphatic heterocycles. The molecule has 1 aromatic rings. The first-order chi connectivity index (χ1) is 11.9. The molecular formula is C15H18N4O6. The number of nitrogens with zero attached hydrogens (tertiary/aromatic N) is 3. The maximum Gasteiger partial charge on any atom is 0.326 e. The van der Waals surface area contributed by atoms with Gasteiger partial charge in [-0.1, -0.05) is 0 Å². The van der Waals surface area contributed by atoms with Gasteiger partial charge in [0.2, 0.25) is 5.78 Å². The topological polar surface area (TPSA) is 151 Å². The van der Waals surface area contributed by atoms with Gasteiger partial charge in [-0.25, -0.2) is 4.79 Å². The van der Waals surface area contributed by atoms with Crippen molar-refractivity contribution in [2.45, 2.75) is 25.0 Å². The molecular weight excluding hydrogens is 332 g/mol. The first-order valence-corrected chi connectivity index (χ1v) is 7.18. The van der Waals surface area contributed by atoms with E-state index >= 15 is 0 Å². The van der Waals surface area contributed by atoms with Crippen LogP contribution in [0.1, 0.15) is 24.5 Å². The maximum atomic E-state index is 12.4. The summed E-state index contributed by atoms with van der Waals surface area (Å²) in [7, 11) is 2.70. The number of rotatable bonds is 10. The van der Waals surface area contributed by atoms with Gasteiger partial charge in [-0.05, 0) is 12.5 Å². The average Bonchev–Trinajstić information content (AvgIpc) is 2.59. The molecule has 25 heavy (non-hydrogen) atoms. The van der Waals surface area contributed by atoms with Crippen molar-refractivity contribution in [3.8, 4) is 5.75 Å². The number of aliphatic carboxylic acids is 1. The van der Waals surface area contributed by atoms with Crippen LogP contribution >= 0.6 is 0 Å². The van der Waals surface area contributed by atoms with Gasteiger partial charge in [0.15, 0.2) is 6.10 Å². The highest BCUT2D eigenvalue weighted by Crippen LogP contribution is 2.26. The van der Waals surface area contributed by atoms with Gasteiger partial charge in [-0.2, -0.15) is 4.79 Å². The molecule has 134 valence electrons. The van der Waals surface area contributed by atoms with Gasteiger partial charge in [0.25, 0.3) is 5.91 Å². The third-order valence-corrected chi connectivity index (χ3v) is 3.29. The molecule has 0 bridgehead atoms. The molecule has 0 radical (unpaired) electrons. The zero-order chi connectivity index (χ0) is 18.8. The summed E-state index contributed by atoms with van der Waals surface area (Å²) in [6.45, 7) is 0. The smallest absolute Gasteiger partial charge is 0.326 e. The lowest BCUT2D eigenvalue weighted by atomic mass is 10.1. The van der Waals surface area contributed by atoms with Crippen molar-refractivity contribution in [1.82, 2.24) is 10.3 Å². The van der Waals surface area contributed by atoms with Crippen molar-refractivity contribution >= 4 is 23.9 Å². The summed E-state index contributed by atoms with van der Waals surface area (Å²) >= 11 is 0. The van der Waals surface area contributed by atoms with Gasteiger partial charge in [-0.15, -0.1) is 0 Å². The molecule has 0 fully saturated rings. The zero-order valence-electron chi connectivity index (χ0n) is 13.7. The van der Waals surface area contributed by atoms with E-state index < -0.39 is 29.8 Å². The number of methoxy groups -OCH3 is 2. The average molecular weight is 350 g/mol. The number of carbonyl (C=O) groups is 3. The highest BCUT2D eigenvalue weighted by molar-refractivity contribution is 6.25. The minimum atomic E-state index is -1.31. The number of carboxylic acid groups (broad SMARTS) is 1. The lowest BCUT2D eigenvalue weighted by Crippen LogP contribution is -2.43. The van der Waals surface area contributed by atoms with Gasteiger partial charge >= 0.3 is 12.2 Å². The highest BCUT2D eigenvalue weighted by atomic mass is 16.5. The van der Waals surface area contributed by atoms with Crippen molar-refractivity contribution in [2.24, 2.45) is 0 Å². The first kappa shape index (κ1) is 19.9. The molecule has 1 aromatic heterocycles. The Morgan fingerprint density at radius 1 is 1.44 bits per heavy atom. The first-order valence-electron chi connectivity index (χ1n) is 7.18. The third kappa shape index (κ3) is 5.79. The molecule has 0 saturated heterocycles. The minimum absolute atomic E-state index is 0.171. The predicted octanol–water partition coefficient (Wildman–Crippen LogP) is -0.00300. The van der Waals surface area contributed by atoms with Crippen LogP contribution in [0.4, 0.5) is 0 Å². The SMILES string of the molecule is COc1cnccc1[C@@H](OC)C(=O)N[C@@H](CCC(=O)C=[N+]=[N-])C(=O)O. The summed E-state index contributed by atoms with van der Waals surface area (Å²) < 4.78 is 10.3. The second-order valence-electron chi connectivity index (χ2n) is 4.88. The highest BCUT2D eigenvalue weighted by Gasteiger charge is 2.28. The normalized spacial score (nSPS) is 12.4. The van der Waals surface area contributed by atoms with E-state index in [1.165, 1.54) is 32.7 Å². The predicted molar refractivity (Wildman–Crippen MR) is 84.0 cm³/mol. The van der Waals surface area contributed by atoms with Crippen LogP contribution in [-0.2, 0) is 19.1 Å². The number of ether oxygens (including phenoxy) is 2. The van der Waals surface area contributed by atoms with E-state index in [1.807, 2.05) is 0 Å². The Kier molecular flexibility index (Phi) is 7.91. The second-order valence-corrected chi connectivity index (χ2v) is 4.88. The van der Waals surface area contributed by atoms with Crippen molar-refractivity contribution in [3.05, 3.63) is 29.6 Å². The minimum Gasteiger partial charge on any atom is -0.495 e. The fourth-order valence-corrected chi connectivity index (χ4v) is 2.07. The van der Waals surface area contributed by atoms with Crippen LogP contribution in [0.25, 0.3) is 5.53 Å². The van der Waals surface area contributed by atoms with E-state index in [0.29, 0.717) is 17.5 Å². The van der Waals surface area contributed by atoms with Crippen LogP contribution in [0.3, 0.4) is 0 Å². The number of carboxylic acids is 1. The zero-order valence-corrected chi connectivity index (χ0v) is 13.7. The third-order valence-electron chi connectivity index (χ3n) is 3.29. The number of amides is 1. The summed E-state index contributed by atoms with van der Waals surface area (Å²) in [6.07, 6.45) is 2.01. The Bertz CT molecular complexity index is 686. The van der Waals surface area contributed by atoms with Crippen molar-refractivity contribution in [2.75, 3.05) is 14.2 Å². The van der Waals surface area contributed by atoms with Crippen molar-refractivity contribution in [1.29, 1.82) is 0 Å². The summed E-state index contributed by atoms with van der Waals surface area (Å²) in [5.74, 6) is -2.27. The Hall–Kier alpha value is -3.10. The number of ketones is 1. The molecule has 1 amide bonds. The van der Waals surface area contributed by atoms with E-state index in [2.05, 4.69) is 15.1 Å². The molecule has 1 heterocycles. The van der Waals surface area contributed by atoms with Gasteiger partial charge in [0.05, 0.1) is 13.3 Å². The maximum absolute atomic E-state index is 12.4. The Balaban J connectivity index is 2.88. The second kappa shape index (κ2) is 9.91. The van der Waals surface area contributed by atoms with Crippen LogP contribution in [-0.4, -0.2) is 59.0 Å². The number of pyridine rings is 1. The summed E-state index contributed by atoms with van der Waals surface area (Å²) in [5, 5.41) is 11.5. The molecule has 0 aromatic carbocycles. The number of Topliss-reactive ketones (excluding diaryl/α,β-unsaturated/α-hetero) is 1. The summed E-state index contributed by atoms with van der Waals surface area (Å²) in [4.78, 5) is 41.4. The molecule has 2 atom stereocenters. The Morgan fingerprint density at radius 3 is 2.72 bits per heavy atom. The van der Waals surface area contributed by atoms with Crippen LogP contribution in [0.15, 0.2) is 18.5 Å². The van der Waals surface area contributed by atoms with E-state index in [9.17, 15) is 19.5 Å². The lowest BCUT2D eigenvalue weighted by Gasteiger charge is -2.20. The number of aromatic nitrogens is 1. The largest absolute Gasteiger partial charge is 0.495 e. The van der Waals surface area contributed by atoms with E-state index in [-0.39, 0.29) is 12.8 Å². The molecule has 0 unspecified atom stereocenters. The Labute approximate surface area is 143 Å². The van der Waals surface area contributed by atoms with Crippen LogP contribution in [0.2, 0.25) is 0 Å². The summed E-state index contributed by atoms with van der Waals surface area (Å²) in [5.41, 5.74) is 8.65. The fraction of sp³-hybridized carbons (Fsp3) is 0.400. The number of hydrogen-bond donors (Lipinski definition) is 2. The van der Waals surface area contributed by atoms with Crippen LogP contribution < -0.4 is 10.1 Å². The van der Waals surface area contributed by atoms with E-state index in [1.54, 1.807) is 0 Å². The molecule has 0 spiro atoms. The molecule has 0 saturated carbocycles. The molecule has 10 heteroatoms. The molecule has 10 nitrogen and oxygen atoms in total. The van der Waals surface area contributed by atoms with Crippen LogP contribution in [0, 0.1) is 0 Å². The lowest BCUT2D eigenvalue weighted by molar-refractivity contribution is -0.144. The van der Waals surface area contributed by atoms with Crippen molar-refractivity contribution < 1.29 is 33.8 Å².